The number of carbonyl (C=O) groups excluding carboxylic acids is 2. The standard InChI is InChI=1S/C26H35N3O4/c1-2-3-7-13-33-22-16-20(15-21(17-22)29-12-8-11-25(29)31)26(32)28-23(24(30)18-27)14-19-9-5-4-6-10-19/h4-6,9-10,15-17,23-24,30H,2-3,7-8,11-14,18,27H2,1H3,(H,28,32). The van der Waals surface area contributed by atoms with Crippen molar-refractivity contribution in [2.75, 3.05) is 24.6 Å². The summed E-state index contributed by atoms with van der Waals surface area (Å²) in [6, 6.07) is 14.3. The molecule has 2 unspecified atom stereocenters. The summed E-state index contributed by atoms with van der Waals surface area (Å²) >= 11 is 0. The number of benzene rings is 2. The smallest absolute Gasteiger partial charge is 0.251 e. The van der Waals surface area contributed by atoms with Crippen LogP contribution in [0.5, 0.6) is 5.75 Å². The average Bonchev–Trinajstić information content (AvgIpc) is 3.27. The lowest BCUT2D eigenvalue weighted by molar-refractivity contribution is -0.117. The maximum absolute atomic E-state index is 13.2. The number of rotatable bonds is 12. The fourth-order valence-electron chi connectivity index (χ4n) is 3.98. The molecule has 0 spiro atoms. The number of hydrogen-bond acceptors (Lipinski definition) is 5. The molecule has 2 atom stereocenters. The zero-order valence-corrected chi connectivity index (χ0v) is 19.3. The van der Waals surface area contributed by atoms with Crippen LogP contribution in [0.25, 0.3) is 0 Å². The highest BCUT2D eigenvalue weighted by Crippen LogP contribution is 2.28. The van der Waals surface area contributed by atoms with Crippen LogP contribution in [0.15, 0.2) is 48.5 Å². The topological polar surface area (TPSA) is 105 Å². The summed E-state index contributed by atoms with van der Waals surface area (Å²) in [6.45, 7) is 3.34. The fraction of sp³-hybridized carbons (Fsp3) is 0.462. The molecule has 0 radical (unpaired) electrons. The van der Waals surface area contributed by atoms with Crippen LogP contribution in [0.2, 0.25) is 0 Å². The van der Waals surface area contributed by atoms with Gasteiger partial charge < -0.3 is 25.8 Å². The SMILES string of the molecule is CCCCCOc1cc(C(=O)NC(Cc2ccccc2)C(O)CN)cc(N2CCCC2=O)c1. The van der Waals surface area contributed by atoms with Gasteiger partial charge in [0.15, 0.2) is 0 Å². The number of nitrogens with two attached hydrogens (primary N) is 1. The van der Waals surface area contributed by atoms with E-state index >= 15 is 0 Å². The summed E-state index contributed by atoms with van der Waals surface area (Å²) in [6.07, 6.45) is 3.95. The first-order valence-corrected chi connectivity index (χ1v) is 11.8. The minimum Gasteiger partial charge on any atom is -0.493 e. The number of amides is 2. The van der Waals surface area contributed by atoms with Crippen molar-refractivity contribution in [3.63, 3.8) is 0 Å². The van der Waals surface area contributed by atoms with Crippen LogP contribution in [0, 0.1) is 0 Å². The summed E-state index contributed by atoms with van der Waals surface area (Å²) in [7, 11) is 0. The molecule has 33 heavy (non-hydrogen) atoms. The van der Waals surface area contributed by atoms with Crippen molar-refractivity contribution < 1.29 is 19.4 Å². The van der Waals surface area contributed by atoms with Gasteiger partial charge in [-0.25, -0.2) is 0 Å². The van der Waals surface area contributed by atoms with E-state index in [0.717, 1.165) is 31.2 Å². The number of aliphatic hydroxyl groups is 1. The third-order valence-electron chi connectivity index (χ3n) is 5.88. The first-order chi connectivity index (χ1) is 16.0. The Bertz CT molecular complexity index is 919. The molecular weight excluding hydrogens is 418 g/mol. The molecule has 1 heterocycles. The highest BCUT2D eigenvalue weighted by atomic mass is 16.5. The van der Waals surface area contributed by atoms with E-state index in [9.17, 15) is 14.7 Å². The molecule has 1 aliphatic rings. The largest absolute Gasteiger partial charge is 0.493 e. The quantitative estimate of drug-likeness (QED) is 0.429. The van der Waals surface area contributed by atoms with E-state index in [2.05, 4.69) is 12.2 Å². The van der Waals surface area contributed by atoms with Crippen LogP contribution < -0.4 is 20.7 Å². The molecule has 4 N–H and O–H groups in total. The average molecular weight is 454 g/mol. The Morgan fingerprint density at radius 1 is 1.21 bits per heavy atom. The van der Waals surface area contributed by atoms with Crippen LogP contribution in [0.1, 0.15) is 54.9 Å². The fourth-order valence-corrected chi connectivity index (χ4v) is 3.98. The molecule has 0 bridgehead atoms. The van der Waals surface area contributed by atoms with E-state index in [4.69, 9.17) is 10.5 Å². The first-order valence-electron chi connectivity index (χ1n) is 11.8. The molecule has 2 aromatic rings. The van der Waals surface area contributed by atoms with Crippen molar-refractivity contribution in [3.8, 4) is 5.75 Å². The normalized spacial score (nSPS) is 15.4. The predicted octanol–water partition coefficient (Wildman–Crippen LogP) is 3.04. The van der Waals surface area contributed by atoms with E-state index in [0.29, 0.717) is 43.0 Å². The van der Waals surface area contributed by atoms with Crippen molar-refractivity contribution in [3.05, 3.63) is 59.7 Å². The van der Waals surface area contributed by atoms with Gasteiger partial charge in [-0.15, -0.1) is 0 Å². The maximum Gasteiger partial charge on any atom is 0.251 e. The number of carbonyl (C=O) groups is 2. The van der Waals surface area contributed by atoms with Crippen molar-refractivity contribution in [2.24, 2.45) is 5.73 Å². The van der Waals surface area contributed by atoms with Gasteiger partial charge in [0, 0.05) is 36.8 Å². The molecule has 0 saturated carbocycles. The Hall–Kier alpha value is -2.90. The van der Waals surface area contributed by atoms with Crippen LogP contribution in [-0.4, -0.2) is 48.8 Å². The van der Waals surface area contributed by atoms with Gasteiger partial charge >= 0.3 is 0 Å². The van der Waals surface area contributed by atoms with E-state index < -0.39 is 12.1 Å². The second-order valence-corrected chi connectivity index (χ2v) is 8.49. The minimum atomic E-state index is -0.887. The van der Waals surface area contributed by atoms with E-state index in [1.165, 1.54) is 0 Å². The van der Waals surface area contributed by atoms with E-state index in [1.54, 1.807) is 17.0 Å². The Morgan fingerprint density at radius 3 is 2.67 bits per heavy atom. The molecule has 178 valence electrons. The summed E-state index contributed by atoms with van der Waals surface area (Å²) in [5.74, 6) is 0.271. The van der Waals surface area contributed by atoms with E-state index in [1.807, 2.05) is 36.4 Å². The Morgan fingerprint density at radius 2 is 2.00 bits per heavy atom. The highest BCUT2D eigenvalue weighted by Gasteiger charge is 2.25. The zero-order valence-electron chi connectivity index (χ0n) is 19.3. The molecule has 0 aromatic heterocycles. The molecule has 3 rings (SSSR count). The van der Waals surface area contributed by atoms with Crippen molar-refractivity contribution in [1.82, 2.24) is 5.32 Å². The van der Waals surface area contributed by atoms with Gasteiger partial charge in [-0.1, -0.05) is 50.1 Å². The van der Waals surface area contributed by atoms with Crippen molar-refractivity contribution in [1.29, 1.82) is 0 Å². The monoisotopic (exact) mass is 453 g/mol. The number of unbranched alkanes of at least 4 members (excludes halogenated alkanes) is 2. The summed E-state index contributed by atoms with van der Waals surface area (Å²) in [5.41, 5.74) is 7.74. The van der Waals surface area contributed by atoms with Gasteiger partial charge in [0.05, 0.1) is 18.8 Å². The molecule has 2 aromatic carbocycles. The van der Waals surface area contributed by atoms with Gasteiger partial charge in [-0.2, -0.15) is 0 Å². The number of ether oxygens (including phenoxy) is 1. The van der Waals surface area contributed by atoms with Gasteiger partial charge in [0.2, 0.25) is 5.91 Å². The second-order valence-electron chi connectivity index (χ2n) is 8.49. The van der Waals surface area contributed by atoms with Crippen LogP contribution >= 0.6 is 0 Å². The molecule has 0 aliphatic carbocycles. The number of hydrogen-bond donors (Lipinski definition) is 3. The van der Waals surface area contributed by atoms with Crippen LogP contribution in [-0.2, 0) is 11.2 Å². The third kappa shape index (κ3) is 7.04. The van der Waals surface area contributed by atoms with Crippen molar-refractivity contribution >= 4 is 17.5 Å². The first kappa shape index (κ1) is 24.7. The summed E-state index contributed by atoms with van der Waals surface area (Å²) < 4.78 is 5.92. The minimum absolute atomic E-state index is 0.0336. The number of aliphatic hydroxyl groups excluding tert-OH is 1. The summed E-state index contributed by atoms with van der Waals surface area (Å²) in [4.78, 5) is 27.2. The lowest BCUT2D eigenvalue weighted by Crippen LogP contribution is -2.47. The number of nitrogens with zero attached hydrogens (tertiary/aromatic N) is 1. The van der Waals surface area contributed by atoms with Crippen molar-refractivity contribution in [2.45, 2.75) is 57.6 Å². The van der Waals surface area contributed by atoms with Gasteiger partial charge in [0.25, 0.3) is 5.91 Å². The molecule has 2 amide bonds. The van der Waals surface area contributed by atoms with Gasteiger partial charge in [-0.05, 0) is 37.0 Å². The Kier molecular flexibility index (Phi) is 9.27. The molecule has 1 aliphatic heterocycles. The lowest BCUT2D eigenvalue weighted by atomic mass is 10.0. The molecule has 7 nitrogen and oxygen atoms in total. The maximum atomic E-state index is 13.2. The number of nitrogens with one attached hydrogen (secondary N) is 1. The molecule has 7 heteroatoms. The van der Waals surface area contributed by atoms with Crippen LogP contribution in [0.4, 0.5) is 5.69 Å². The van der Waals surface area contributed by atoms with Gasteiger partial charge in [0.1, 0.15) is 5.75 Å². The zero-order chi connectivity index (χ0) is 23.6. The Labute approximate surface area is 195 Å². The summed E-state index contributed by atoms with van der Waals surface area (Å²) in [5, 5.41) is 13.4. The molecular formula is C26H35N3O4. The second kappa shape index (κ2) is 12.4. The highest BCUT2D eigenvalue weighted by molar-refractivity contribution is 5.99. The Balaban J connectivity index is 1.81. The predicted molar refractivity (Wildman–Crippen MR) is 130 cm³/mol. The lowest BCUT2D eigenvalue weighted by Gasteiger charge is -2.24. The van der Waals surface area contributed by atoms with Crippen LogP contribution in [0.3, 0.4) is 0 Å². The molecule has 1 saturated heterocycles. The molecule has 1 fully saturated rings. The van der Waals surface area contributed by atoms with E-state index in [-0.39, 0.29) is 18.4 Å². The van der Waals surface area contributed by atoms with Gasteiger partial charge in [-0.3, -0.25) is 9.59 Å². The number of anilines is 1. The third-order valence-corrected chi connectivity index (χ3v) is 5.88.